The number of hydrogen-bond acceptors (Lipinski definition) is 3. The molecule has 2 saturated heterocycles. The molecule has 0 radical (unpaired) electrons. The van der Waals surface area contributed by atoms with Crippen LogP contribution in [0.4, 0.5) is 0 Å². The third kappa shape index (κ3) is 2.69. The lowest BCUT2D eigenvalue weighted by Gasteiger charge is -2.35. The molecule has 0 bridgehead atoms. The van der Waals surface area contributed by atoms with Crippen LogP contribution in [-0.2, 0) is 4.79 Å². The van der Waals surface area contributed by atoms with E-state index in [1.54, 1.807) is 0 Å². The van der Waals surface area contributed by atoms with Gasteiger partial charge in [-0.05, 0) is 24.7 Å². The van der Waals surface area contributed by atoms with Crippen LogP contribution in [0.1, 0.15) is 46.5 Å². The average Bonchev–Trinajstić information content (AvgIpc) is 2.82. The Morgan fingerprint density at radius 1 is 1.50 bits per heavy atom. The Kier molecular flexibility index (Phi) is 3.97. The van der Waals surface area contributed by atoms with Gasteiger partial charge in [0.05, 0.1) is 0 Å². The number of nitrogens with zero attached hydrogens (tertiary/aromatic N) is 1. The third-order valence-electron chi connectivity index (χ3n) is 4.36. The number of carbonyl (C=O) groups excluding carboxylic acids is 1. The van der Waals surface area contributed by atoms with Crippen molar-refractivity contribution in [2.75, 3.05) is 13.2 Å². The first-order valence-electron chi connectivity index (χ1n) is 7.10. The molecule has 2 fully saturated rings. The summed E-state index contributed by atoms with van der Waals surface area (Å²) in [4.78, 5) is 13.9. The summed E-state index contributed by atoms with van der Waals surface area (Å²) in [5, 5.41) is 12.8. The molecular formula is C14H26N2O2. The number of rotatable bonds is 4. The zero-order valence-electron chi connectivity index (χ0n) is 11.8. The molecule has 18 heavy (non-hydrogen) atoms. The summed E-state index contributed by atoms with van der Waals surface area (Å²) in [5.41, 5.74) is 0.109. The largest absolute Gasteiger partial charge is 0.396 e. The SMILES string of the molecule is CC(C)(C)C(CCO)NC1CC(=O)N2CCCC12. The lowest BCUT2D eigenvalue weighted by Crippen LogP contribution is -2.50. The lowest BCUT2D eigenvalue weighted by atomic mass is 9.84. The predicted octanol–water partition coefficient (Wildman–Crippen LogP) is 1.14. The topological polar surface area (TPSA) is 52.6 Å². The molecule has 0 aromatic rings. The standard InChI is InChI=1S/C14H26N2O2/c1-14(2,3)12(6-8-17)15-10-9-13(18)16-7-4-5-11(10)16/h10-12,15,17H,4-9H2,1-3H3. The predicted molar refractivity (Wildman–Crippen MR) is 71.2 cm³/mol. The summed E-state index contributed by atoms with van der Waals surface area (Å²) in [7, 11) is 0. The van der Waals surface area contributed by atoms with Crippen LogP contribution in [0.25, 0.3) is 0 Å². The van der Waals surface area contributed by atoms with E-state index in [9.17, 15) is 9.90 Å². The van der Waals surface area contributed by atoms with Crippen molar-refractivity contribution in [3.05, 3.63) is 0 Å². The van der Waals surface area contributed by atoms with Crippen LogP contribution < -0.4 is 5.32 Å². The van der Waals surface area contributed by atoms with Gasteiger partial charge >= 0.3 is 0 Å². The first kappa shape index (κ1) is 13.8. The van der Waals surface area contributed by atoms with E-state index in [4.69, 9.17) is 0 Å². The van der Waals surface area contributed by atoms with Crippen LogP contribution in [0.5, 0.6) is 0 Å². The first-order valence-corrected chi connectivity index (χ1v) is 7.10. The van der Waals surface area contributed by atoms with Gasteiger partial charge in [-0.1, -0.05) is 20.8 Å². The highest BCUT2D eigenvalue weighted by Crippen LogP contribution is 2.31. The van der Waals surface area contributed by atoms with Crippen molar-refractivity contribution in [1.82, 2.24) is 10.2 Å². The van der Waals surface area contributed by atoms with Crippen molar-refractivity contribution < 1.29 is 9.90 Å². The molecule has 3 atom stereocenters. The summed E-state index contributed by atoms with van der Waals surface area (Å²) >= 11 is 0. The molecule has 2 heterocycles. The van der Waals surface area contributed by atoms with Crippen LogP contribution in [0, 0.1) is 5.41 Å². The number of nitrogens with one attached hydrogen (secondary N) is 1. The maximum atomic E-state index is 11.9. The Morgan fingerprint density at radius 2 is 2.22 bits per heavy atom. The molecule has 104 valence electrons. The van der Waals surface area contributed by atoms with Crippen molar-refractivity contribution in [3.63, 3.8) is 0 Å². The molecule has 1 amide bonds. The molecule has 2 N–H and O–H groups in total. The molecule has 0 aromatic carbocycles. The number of aliphatic hydroxyl groups excluding tert-OH is 1. The second-order valence-corrected chi connectivity index (χ2v) is 6.70. The first-order chi connectivity index (χ1) is 8.43. The number of aliphatic hydroxyl groups is 1. The molecule has 0 spiro atoms. The second-order valence-electron chi connectivity index (χ2n) is 6.70. The third-order valence-corrected chi connectivity index (χ3v) is 4.36. The Bertz CT molecular complexity index is 311. The minimum atomic E-state index is 0.109. The Balaban J connectivity index is 2.01. The smallest absolute Gasteiger partial charge is 0.224 e. The van der Waals surface area contributed by atoms with Crippen LogP contribution in [0.3, 0.4) is 0 Å². The van der Waals surface area contributed by atoms with Crippen molar-refractivity contribution in [1.29, 1.82) is 0 Å². The number of amides is 1. The van der Waals surface area contributed by atoms with E-state index < -0.39 is 0 Å². The maximum Gasteiger partial charge on any atom is 0.224 e. The van der Waals surface area contributed by atoms with E-state index in [2.05, 4.69) is 26.1 Å². The Labute approximate surface area is 110 Å². The van der Waals surface area contributed by atoms with E-state index in [-0.39, 0.29) is 24.1 Å². The van der Waals surface area contributed by atoms with E-state index in [0.29, 0.717) is 18.4 Å². The van der Waals surface area contributed by atoms with E-state index in [0.717, 1.165) is 25.8 Å². The monoisotopic (exact) mass is 254 g/mol. The van der Waals surface area contributed by atoms with Gasteiger partial charge in [0, 0.05) is 37.7 Å². The minimum Gasteiger partial charge on any atom is -0.396 e. The fraction of sp³-hybridized carbons (Fsp3) is 0.929. The Hall–Kier alpha value is -0.610. The van der Waals surface area contributed by atoms with Crippen molar-refractivity contribution in [2.24, 2.45) is 5.41 Å². The van der Waals surface area contributed by atoms with E-state index in [1.165, 1.54) is 0 Å². The molecule has 2 rings (SSSR count). The van der Waals surface area contributed by atoms with Gasteiger partial charge in [0.15, 0.2) is 0 Å². The van der Waals surface area contributed by atoms with Crippen LogP contribution in [0.15, 0.2) is 0 Å². The Morgan fingerprint density at radius 3 is 2.83 bits per heavy atom. The van der Waals surface area contributed by atoms with Gasteiger partial charge in [0.1, 0.15) is 0 Å². The van der Waals surface area contributed by atoms with Gasteiger partial charge in [-0.15, -0.1) is 0 Å². The van der Waals surface area contributed by atoms with Crippen LogP contribution in [-0.4, -0.2) is 47.2 Å². The van der Waals surface area contributed by atoms with Crippen molar-refractivity contribution in [3.8, 4) is 0 Å². The lowest BCUT2D eigenvalue weighted by molar-refractivity contribution is -0.127. The van der Waals surface area contributed by atoms with E-state index >= 15 is 0 Å². The molecular weight excluding hydrogens is 228 g/mol. The highest BCUT2D eigenvalue weighted by Gasteiger charge is 2.43. The quantitative estimate of drug-likeness (QED) is 0.791. The zero-order valence-corrected chi connectivity index (χ0v) is 11.8. The number of hydrogen-bond donors (Lipinski definition) is 2. The molecule has 2 aliphatic rings. The van der Waals surface area contributed by atoms with Gasteiger partial charge in [-0.25, -0.2) is 0 Å². The molecule has 0 saturated carbocycles. The van der Waals surface area contributed by atoms with Gasteiger partial charge < -0.3 is 15.3 Å². The van der Waals surface area contributed by atoms with Gasteiger partial charge in [0.25, 0.3) is 0 Å². The molecule has 0 aromatic heterocycles. The highest BCUT2D eigenvalue weighted by atomic mass is 16.3. The summed E-state index contributed by atoms with van der Waals surface area (Å²) in [5.74, 6) is 0.298. The minimum absolute atomic E-state index is 0.109. The van der Waals surface area contributed by atoms with Crippen LogP contribution >= 0.6 is 0 Å². The number of carbonyl (C=O) groups is 1. The molecule has 4 nitrogen and oxygen atoms in total. The normalized spacial score (nSPS) is 29.8. The molecule has 0 aliphatic carbocycles. The summed E-state index contributed by atoms with van der Waals surface area (Å²) in [6.07, 6.45) is 3.64. The fourth-order valence-corrected chi connectivity index (χ4v) is 3.29. The molecule has 3 unspecified atom stereocenters. The van der Waals surface area contributed by atoms with E-state index in [1.807, 2.05) is 4.90 Å². The summed E-state index contributed by atoms with van der Waals surface area (Å²) in [6, 6.07) is 0.928. The van der Waals surface area contributed by atoms with Gasteiger partial charge in [-0.2, -0.15) is 0 Å². The van der Waals surface area contributed by atoms with Gasteiger partial charge in [-0.3, -0.25) is 4.79 Å². The van der Waals surface area contributed by atoms with Gasteiger partial charge in [0.2, 0.25) is 5.91 Å². The maximum absolute atomic E-state index is 11.9. The summed E-state index contributed by atoms with van der Waals surface area (Å²) in [6.45, 7) is 7.68. The number of fused-ring (bicyclic) bond motifs is 1. The summed E-state index contributed by atoms with van der Waals surface area (Å²) < 4.78 is 0. The average molecular weight is 254 g/mol. The highest BCUT2D eigenvalue weighted by molar-refractivity contribution is 5.80. The van der Waals surface area contributed by atoms with Crippen LogP contribution in [0.2, 0.25) is 0 Å². The fourth-order valence-electron chi connectivity index (χ4n) is 3.29. The molecule has 4 heteroatoms. The second kappa shape index (κ2) is 5.17. The molecule has 2 aliphatic heterocycles. The van der Waals surface area contributed by atoms with Crippen molar-refractivity contribution in [2.45, 2.75) is 64.6 Å². The van der Waals surface area contributed by atoms with Crippen molar-refractivity contribution >= 4 is 5.91 Å². The zero-order chi connectivity index (χ0) is 13.3.